The highest BCUT2D eigenvalue weighted by molar-refractivity contribution is 5.77. The van der Waals surface area contributed by atoms with Gasteiger partial charge >= 0.3 is 0 Å². The lowest BCUT2D eigenvalue weighted by atomic mass is 10.1. The number of benzene rings is 1. The van der Waals surface area contributed by atoms with Crippen molar-refractivity contribution < 1.29 is 9.53 Å². The van der Waals surface area contributed by atoms with Gasteiger partial charge in [0.15, 0.2) is 6.61 Å². The van der Waals surface area contributed by atoms with Crippen molar-refractivity contribution in [3.63, 3.8) is 0 Å². The molecule has 1 heterocycles. The average Bonchev–Trinajstić information content (AvgIpc) is 2.71. The molecule has 1 aromatic rings. The van der Waals surface area contributed by atoms with E-state index in [4.69, 9.17) is 10.5 Å². The van der Waals surface area contributed by atoms with Gasteiger partial charge in [-0.3, -0.25) is 4.79 Å². The number of aryl methyl sites for hydroxylation is 1. The van der Waals surface area contributed by atoms with Crippen molar-refractivity contribution in [1.82, 2.24) is 4.90 Å². The van der Waals surface area contributed by atoms with Gasteiger partial charge in [0.1, 0.15) is 5.75 Å². The number of fused-ring (bicyclic) bond motifs is 1. The number of nitrogens with two attached hydrogens (primary N) is 1. The highest BCUT2D eigenvalue weighted by Gasteiger charge is 2.20. The minimum Gasteiger partial charge on any atom is -0.484 e. The Bertz CT molecular complexity index is 508. The largest absolute Gasteiger partial charge is 0.484 e. The van der Waals surface area contributed by atoms with Gasteiger partial charge in [0.2, 0.25) is 0 Å². The van der Waals surface area contributed by atoms with Crippen LogP contribution in [-0.4, -0.2) is 30.5 Å². The van der Waals surface area contributed by atoms with Crippen LogP contribution in [0.1, 0.15) is 49.3 Å². The quantitative estimate of drug-likeness (QED) is 0.929. The summed E-state index contributed by atoms with van der Waals surface area (Å²) in [5.41, 5.74) is 8.52. The molecule has 21 heavy (non-hydrogen) atoms. The van der Waals surface area contributed by atoms with Gasteiger partial charge in [-0.15, -0.1) is 0 Å². The summed E-state index contributed by atoms with van der Waals surface area (Å²) in [6.07, 6.45) is 6.70. The zero-order valence-corrected chi connectivity index (χ0v) is 12.5. The van der Waals surface area contributed by atoms with Gasteiger partial charge in [-0.2, -0.15) is 0 Å². The van der Waals surface area contributed by atoms with Crippen LogP contribution in [0.3, 0.4) is 0 Å². The summed E-state index contributed by atoms with van der Waals surface area (Å²) in [6, 6.07) is 6.17. The molecule has 4 heteroatoms. The SMILES string of the molecule is NC1CCc2cc(OCC(=O)N3CCCCCC3)ccc21. The second-order valence-electron chi connectivity index (χ2n) is 6.09. The fourth-order valence-corrected chi connectivity index (χ4v) is 3.27. The molecule has 2 N–H and O–H groups in total. The molecule has 0 saturated carbocycles. The van der Waals surface area contributed by atoms with Gasteiger partial charge in [-0.25, -0.2) is 0 Å². The van der Waals surface area contributed by atoms with E-state index >= 15 is 0 Å². The van der Waals surface area contributed by atoms with Crippen molar-refractivity contribution in [2.75, 3.05) is 19.7 Å². The van der Waals surface area contributed by atoms with E-state index in [0.717, 1.165) is 44.5 Å². The van der Waals surface area contributed by atoms with Crippen LogP contribution in [0.5, 0.6) is 5.75 Å². The van der Waals surface area contributed by atoms with E-state index in [1.807, 2.05) is 23.1 Å². The number of likely N-dealkylation sites (tertiary alicyclic amines) is 1. The molecule has 1 aliphatic carbocycles. The Kier molecular flexibility index (Phi) is 4.44. The van der Waals surface area contributed by atoms with Gasteiger partial charge < -0.3 is 15.4 Å². The molecule has 1 fully saturated rings. The molecule has 1 amide bonds. The molecule has 114 valence electrons. The molecule has 3 rings (SSSR count). The molecule has 0 aromatic heterocycles. The summed E-state index contributed by atoms with van der Waals surface area (Å²) in [5.74, 6) is 0.889. The van der Waals surface area contributed by atoms with E-state index in [1.165, 1.54) is 24.0 Å². The van der Waals surface area contributed by atoms with Crippen LogP contribution in [0.4, 0.5) is 0 Å². The summed E-state index contributed by atoms with van der Waals surface area (Å²) in [4.78, 5) is 14.1. The van der Waals surface area contributed by atoms with Crippen LogP contribution >= 0.6 is 0 Å². The van der Waals surface area contributed by atoms with Crippen LogP contribution in [0.2, 0.25) is 0 Å². The number of rotatable bonds is 3. The third-order valence-corrected chi connectivity index (χ3v) is 4.56. The zero-order chi connectivity index (χ0) is 14.7. The Morgan fingerprint density at radius 1 is 1.24 bits per heavy atom. The maximum atomic E-state index is 12.2. The smallest absolute Gasteiger partial charge is 0.260 e. The van der Waals surface area contributed by atoms with Gasteiger partial charge in [0.25, 0.3) is 5.91 Å². The Labute approximate surface area is 126 Å². The fraction of sp³-hybridized carbons (Fsp3) is 0.588. The molecular weight excluding hydrogens is 264 g/mol. The Morgan fingerprint density at radius 3 is 2.76 bits per heavy atom. The van der Waals surface area contributed by atoms with Crippen LogP contribution in [0, 0.1) is 0 Å². The highest BCUT2D eigenvalue weighted by Crippen LogP contribution is 2.31. The maximum Gasteiger partial charge on any atom is 0.260 e. The van der Waals surface area contributed by atoms with Crippen molar-refractivity contribution in [2.24, 2.45) is 5.73 Å². The first-order valence-corrected chi connectivity index (χ1v) is 8.03. The lowest BCUT2D eigenvalue weighted by Crippen LogP contribution is -2.35. The van der Waals surface area contributed by atoms with Gasteiger partial charge in [-0.1, -0.05) is 18.9 Å². The molecule has 0 spiro atoms. The van der Waals surface area contributed by atoms with E-state index in [-0.39, 0.29) is 18.6 Å². The Hall–Kier alpha value is -1.55. The Morgan fingerprint density at radius 2 is 2.00 bits per heavy atom. The third kappa shape index (κ3) is 3.38. The van der Waals surface area contributed by atoms with Crippen molar-refractivity contribution in [3.05, 3.63) is 29.3 Å². The van der Waals surface area contributed by atoms with Crippen molar-refractivity contribution in [2.45, 2.75) is 44.6 Å². The van der Waals surface area contributed by atoms with E-state index < -0.39 is 0 Å². The predicted octanol–water partition coefficient (Wildman–Crippen LogP) is 2.41. The number of hydrogen-bond acceptors (Lipinski definition) is 3. The molecule has 4 nitrogen and oxygen atoms in total. The van der Waals surface area contributed by atoms with Gasteiger partial charge in [0.05, 0.1) is 0 Å². The number of nitrogens with zero attached hydrogens (tertiary/aromatic N) is 1. The monoisotopic (exact) mass is 288 g/mol. The second-order valence-corrected chi connectivity index (χ2v) is 6.09. The summed E-state index contributed by atoms with van der Waals surface area (Å²) < 4.78 is 5.69. The molecule has 1 atom stereocenters. The third-order valence-electron chi connectivity index (χ3n) is 4.56. The zero-order valence-electron chi connectivity index (χ0n) is 12.5. The molecular formula is C17H24N2O2. The highest BCUT2D eigenvalue weighted by atomic mass is 16.5. The van der Waals surface area contributed by atoms with Crippen LogP contribution in [0.15, 0.2) is 18.2 Å². The predicted molar refractivity (Wildman–Crippen MR) is 82.2 cm³/mol. The first-order valence-electron chi connectivity index (χ1n) is 8.03. The van der Waals surface area contributed by atoms with Gasteiger partial charge in [0, 0.05) is 19.1 Å². The summed E-state index contributed by atoms with van der Waals surface area (Å²) >= 11 is 0. The van der Waals surface area contributed by atoms with Gasteiger partial charge in [-0.05, 0) is 48.9 Å². The van der Waals surface area contributed by atoms with Crippen molar-refractivity contribution in [3.8, 4) is 5.75 Å². The van der Waals surface area contributed by atoms with Crippen LogP contribution in [-0.2, 0) is 11.2 Å². The number of hydrogen-bond donors (Lipinski definition) is 1. The van der Waals surface area contributed by atoms with E-state index in [1.54, 1.807) is 0 Å². The number of amides is 1. The van der Waals surface area contributed by atoms with Crippen LogP contribution < -0.4 is 10.5 Å². The Balaban J connectivity index is 1.56. The molecule has 2 aliphatic rings. The number of ether oxygens (including phenoxy) is 1. The summed E-state index contributed by atoms with van der Waals surface area (Å²) in [7, 11) is 0. The standard InChI is InChI=1S/C17H24N2O2/c18-16-8-5-13-11-14(6-7-15(13)16)21-12-17(20)19-9-3-1-2-4-10-19/h6-7,11,16H,1-5,8-10,12,18H2. The fourth-order valence-electron chi connectivity index (χ4n) is 3.27. The first kappa shape index (κ1) is 14.4. The van der Waals surface area contributed by atoms with E-state index in [9.17, 15) is 4.79 Å². The summed E-state index contributed by atoms with van der Waals surface area (Å²) in [6.45, 7) is 1.90. The van der Waals surface area contributed by atoms with E-state index in [2.05, 4.69) is 0 Å². The van der Waals surface area contributed by atoms with Crippen LogP contribution in [0.25, 0.3) is 0 Å². The molecule has 1 saturated heterocycles. The minimum atomic E-state index is 0.106. The molecule has 1 unspecified atom stereocenters. The molecule has 0 bridgehead atoms. The normalized spacial score (nSPS) is 21.8. The number of carbonyl (C=O) groups excluding carboxylic acids is 1. The lowest BCUT2D eigenvalue weighted by Gasteiger charge is -2.20. The molecule has 0 radical (unpaired) electrons. The number of carbonyl (C=O) groups is 1. The maximum absolute atomic E-state index is 12.2. The molecule has 1 aliphatic heterocycles. The van der Waals surface area contributed by atoms with E-state index in [0.29, 0.717) is 0 Å². The van der Waals surface area contributed by atoms with Crippen molar-refractivity contribution in [1.29, 1.82) is 0 Å². The minimum absolute atomic E-state index is 0.106. The topological polar surface area (TPSA) is 55.6 Å². The average molecular weight is 288 g/mol. The first-order chi connectivity index (χ1) is 10.2. The van der Waals surface area contributed by atoms with Crippen molar-refractivity contribution >= 4 is 5.91 Å². The summed E-state index contributed by atoms with van der Waals surface area (Å²) in [5, 5.41) is 0. The second kappa shape index (κ2) is 6.48. The lowest BCUT2D eigenvalue weighted by molar-refractivity contribution is -0.133. The molecule has 1 aromatic carbocycles.